The average molecular weight is 844 g/mol. The van der Waals surface area contributed by atoms with Gasteiger partial charge in [-0.25, -0.2) is 4.99 Å². The van der Waals surface area contributed by atoms with E-state index in [-0.39, 0.29) is 5.84 Å². The Balaban J connectivity index is 0.000000227. The Kier molecular flexibility index (Phi) is 9.15. The molecule has 0 atom stereocenters. The Bertz CT molecular complexity index is 3490. The van der Waals surface area contributed by atoms with Crippen molar-refractivity contribution >= 4 is 22.4 Å². The van der Waals surface area contributed by atoms with Crippen molar-refractivity contribution in [2.24, 2.45) is 10.7 Å². The summed E-state index contributed by atoms with van der Waals surface area (Å²) in [5.74, 6) is 0.534. The largest absolute Gasteiger partial charge is 0.383 e. The van der Waals surface area contributed by atoms with Crippen molar-refractivity contribution in [1.82, 2.24) is 0 Å². The molecule has 0 radical (unpaired) electrons. The van der Waals surface area contributed by atoms with E-state index in [1.807, 2.05) is 60.7 Å². The van der Waals surface area contributed by atoms with Crippen LogP contribution in [-0.2, 0) is 10.8 Å². The molecule has 0 saturated heterocycles. The molecule has 10 aromatic carbocycles. The van der Waals surface area contributed by atoms with E-state index in [0.29, 0.717) is 5.84 Å². The first kappa shape index (κ1) is 39.2. The summed E-state index contributed by atoms with van der Waals surface area (Å²) in [6.07, 6.45) is 0. The highest BCUT2D eigenvalue weighted by atomic mass is 14.9. The number of rotatable bonds is 3. The normalized spacial score (nSPS) is 14.0. The minimum Gasteiger partial charge on any atom is -0.383 e. The van der Waals surface area contributed by atoms with Gasteiger partial charge in [0.15, 0.2) is 5.84 Å². The molecule has 3 heteroatoms. The average Bonchev–Trinajstić information content (AvgIpc) is 3.84. The number of hydrogen-bond acceptors (Lipinski definition) is 1. The maximum atomic E-state index is 7.84. The van der Waals surface area contributed by atoms with E-state index in [4.69, 9.17) is 11.1 Å². The fourth-order valence-corrected chi connectivity index (χ4v) is 11.5. The highest BCUT2D eigenvalue weighted by Gasteiger charge is 2.58. The topological polar surface area (TPSA) is 62.2 Å². The number of nitrogens with two attached hydrogens (primary N) is 1. The van der Waals surface area contributed by atoms with Gasteiger partial charge in [-0.05, 0) is 113 Å². The minimum atomic E-state index is -0.475. The van der Waals surface area contributed by atoms with Crippen molar-refractivity contribution in [2.45, 2.75) is 17.8 Å². The number of amidine groups is 2. The lowest BCUT2D eigenvalue weighted by atomic mass is 9.52. The molecule has 3 nitrogen and oxygen atoms in total. The third-order valence-electron chi connectivity index (χ3n) is 14.2. The second-order valence-electron chi connectivity index (χ2n) is 17.6. The van der Waals surface area contributed by atoms with E-state index in [2.05, 4.69) is 188 Å². The van der Waals surface area contributed by atoms with Crippen molar-refractivity contribution in [3.63, 3.8) is 0 Å². The van der Waals surface area contributed by atoms with Gasteiger partial charge >= 0.3 is 0 Å². The lowest BCUT2D eigenvalue weighted by Crippen LogP contribution is -2.43. The van der Waals surface area contributed by atoms with Crippen LogP contribution in [0, 0.1) is 12.3 Å². The van der Waals surface area contributed by atoms with Crippen molar-refractivity contribution in [2.75, 3.05) is 0 Å². The van der Waals surface area contributed by atoms with Crippen LogP contribution in [0.2, 0.25) is 0 Å². The Labute approximate surface area is 385 Å². The molecule has 0 amide bonds. The second-order valence-corrected chi connectivity index (χ2v) is 17.6. The third-order valence-corrected chi connectivity index (χ3v) is 14.2. The van der Waals surface area contributed by atoms with E-state index in [9.17, 15) is 0 Å². The van der Waals surface area contributed by atoms with Crippen LogP contribution >= 0.6 is 0 Å². The number of nitrogens with zero attached hydrogens (tertiary/aromatic N) is 1. The SMILES string of the molecule is Cc1cc2ccccc2cc1-c1ccc2c(c1)C1(c3ccccc3-c3ccccc31)c1ccccc1C21c2ccccc2-c2ccccc21.N=C(N=C(N)c1ccccc1)c1ccccc1. The molecule has 0 unspecified atom stereocenters. The molecule has 3 aliphatic carbocycles. The molecular formula is C63H45N3. The van der Waals surface area contributed by atoms with Crippen molar-refractivity contribution in [1.29, 1.82) is 5.41 Å². The maximum absolute atomic E-state index is 7.84. The summed E-state index contributed by atoms with van der Waals surface area (Å²) in [6.45, 7) is 2.26. The number of fused-ring (bicyclic) bond motifs is 17. The Morgan fingerprint density at radius 3 is 1.24 bits per heavy atom. The molecule has 2 spiro atoms. The number of nitrogens with one attached hydrogen (secondary N) is 1. The summed E-state index contributed by atoms with van der Waals surface area (Å²) < 4.78 is 0. The minimum absolute atomic E-state index is 0.173. The van der Waals surface area contributed by atoms with Gasteiger partial charge in [-0.15, -0.1) is 0 Å². The molecule has 0 saturated carbocycles. The molecule has 0 bridgehead atoms. The first-order valence-corrected chi connectivity index (χ1v) is 22.7. The standard InChI is InChI=1S/C49H32.C14H13N3/c1-31-28-32-14-2-3-15-33(32)29-39(31)34-26-27-46-47(30-34)49(42-22-10-6-18-37(42)38-19-7-11-23-43(38)49)45-25-13-12-24-44(45)48(46)40-20-8-4-16-35(40)36-17-5-9-21-41(36)48;15-13(11-7-3-1-4-8-11)17-14(16)12-9-5-2-6-10-12/h2-30H,1H3;1-10H,(H3,15,16,17). The van der Waals surface area contributed by atoms with Crippen LogP contribution in [0.1, 0.15) is 61.2 Å². The van der Waals surface area contributed by atoms with E-state index in [0.717, 1.165) is 11.1 Å². The van der Waals surface area contributed by atoms with Gasteiger partial charge in [-0.3, -0.25) is 5.41 Å². The van der Waals surface area contributed by atoms with Crippen LogP contribution in [0.5, 0.6) is 0 Å². The Morgan fingerprint density at radius 2 is 0.742 bits per heavy atom. The number of hydrogen-bond donors (Lipinski definition) is 2. The first-order valence-electron chi connectivity index (χ1n) is 22.7. The molecule has 0 heterocycles. The second kappa shape index (κ2) is 15.4. The van der Waals surface area contributed by atoms with Gasteiger partial charge in [0.25, 0.3) is 0 Å². The van der Waals surface area contributed by atoms with Crippen LogP contribution < -0.4 is 5.73 Å². The Hall–Kier alpha value is -8.40. The predicted molar refractivity (Wildman–Crippen MR) is 273 cm³/mol. The van der Waals surface area contributed by atoms with Crippen molar-refractivity contribution in [3.05, 3.63) is 298 Å². The molecule has 3 N–H and O–H groups in total. The third kappa shape index (κ3) is 5.70. The van der Waals surface area contributed by atoms with Gasteiger partial charge < -0.3 is 5.73 Å². The monoisotopic (exact) mass is 843 g/mol. The lowest BCUT2D eigenvalue weighted by molar-refractivity contribution is 0.633. The van der Waals surface area contributed by atoms with Crippen LogP contribution in [0.15, 0.2) is 242 Å². The fourth-order valence-electron chi connectivity index (χ4n) is 11.5. The van der Waals surface area contributed by atoms with Crippen molar-refractivity contribution in [3.8, 4) is 33.4 Å². The molecule has 13 rings (SSSR count). The van der Waals surface area contributed by atoms with Gasteiger partial charge in [0, 0.05) is 11.1 Å². The number of aliphatic imine (C=N–C) groups is 1. The molecule has 0 aromatic heterocycles. The van der Waals surface area contributed by atoms with E-state index in [1.54, 1.807) is 0 Å². The van der Waals surface area contributed by atoms with Crippen molar-refractivity contribution < 1.29 is 0 Å². The zero-order chi connectivity index (χ0) is 44.4. The highest BCUT2D eigenvalue weighted by Crippen LogP contribution is 2.67. The zero-order valence-corrected chi connectivity index (χ0v) is 36.5. The summed E-state index contributed by atoms with van der Waals surface area (Å²) in [4.78, 5) is 4.10. The highest BCUT2D eigenvalue weighted by molar-refractivity contribution is 6.09. The molecular weight excluding hydrogens is 799 g/mol. The Morgan fingerprint density at radius 1 is 0.364 bits per heavy atom. The summed E-state index contributed by atoms with van der Waals surface area (Å²) in [5, 5.41) is 10.4. The molecule has 0 fully saturated rings. The molecule has 0 aliphatic heterocycles. The smallest absolute Gasteiger partial charge is 0.154 e. The van der Waals surface area contributed by atoms with Gasteiger partial charge in [0.05, 0.1) is 10.8 Å². The van der Waals surface area contributed by atoms with E-state index < -0.39 is 10.8 Å². The fraction of sp³-hybridized carbons (Fsp3) is 0.0476. The first-order chi connectivity index (χ1) is 32.5. The lowest BCUT2D eigenvalue weighted by Gasteiger charge is -2.49. The zero-order valence-electron chi connectivity index (χ0n) is 36.5. The van der Waals surface area contributed by atoms with Crippen LogP contribution in [0.3, 0.4) is 0 Å². The van der Waals surface area contributed by atoms with E-state index >= 15 is 0 Å². The van der Waals surface area contributed by atoms with Gasteiger partial charge in [0.2, 0.25) is 0 Å². The predicted octanol–water partition coefficient (Wildman–Crippen LogP) is 14.3. The number of aryl methyl sites for hydroxylation is 1. The molecule has 10 aromatic rings. The quantitative estimate of drug-likeness (QED) is 0.135. The van der Waals surface area contributed by atoms with Crippen LogP contribution in [0.4, 0.5) is 0 Å². The molecule has 66 heavy (non-hydrogen) atoms. The van der Waals surface area contributed by atoms with Crippen LogP contribution in [-0.4, -0.2) is 11.7 Å². The van der Waals surface area contributed by atoms with Gasteiger partial charge in [-0.1, -0.05) is 224 Å². The summed E-state index contributed by atoms with van der Waals surface area (Å²) in [6, 6.07) is 85.6. The van der Waals surface area contributed by atoms with Crippen LogP contribution in [0.25, 0.3) is 44.2 Å². The number of benzene rings is 10. The maximum Gasteiger partial charge on any atom is 0.154 e. The molecule has 312 valence electrons. The summed E-state index contributed by atoms with van der Waals surface area (Å²) >= 11 is 0. The molecule has 3 aliphatic rings. The van der Waals surface area contributed by atoms with Gasteiger partial charge in [-0.2, -0.15) is 0 Å². The summed E-state index contributed by atoms with van der Waals surface area (Å²) in [7, 11) is 0. The van der Waals surface area contributed by atoms with E-state index in [1.165, 1.54) is 94.2 Å². The van der Waals surface area contributed by atoms with Gasteiger partial charge in [0.1, 0.15) is 5.84 Å². The summed E-state index contributed by atoms with van der Waals surface area (Å²) in [5.41, 5.74) is 26.6.